The van der Waals surface area contributed by atoms with Crippen LogP contribution in [-0.2, 0) is 19.3 Å². The van der Waals surface area contributed by atoms with Crippen molar-refractivity contribution < 1.29 is 4.42 Å². The van der Waals surface area contributed by atoms with E-state index < -0.39 is 0 Å². The predicted octanol–water partition coefficient (Wildman–Crippen LogP) is 3.48. The van der Waals surface area contributed by atoms with Gasteiger partial charge in [0.15, 0.2) is 5.43 Å². The summed E-state index contributed by atoms with van der Waals surface area (Å²) in [6.45, 7) is 6.16. The van der Waals surface area contributed by atoms with Crippen LogP contribution >= 0.6 is 0 Å². The second-order valence-electron chi connectivity index (χ2n) is 4.28. The summed E-state index contributed by atoms with van der Waals surface area (Å²) in [4.78, 5) is 12.2. The minimum absolute atomic E-state index is 0.124. The fourth-order valence-electron chi connectivity index (χ4n) is 2.13. The van der Waals surface area contributed by atoms with Gasteiger partial charge in [0.05, 0.1) is 11.6 Å². The van der Waals surface area contributed by atoms with Crippen molar-refractivity contribution in [2.45, 2.75) is 40.0 Å². The van der Waals surface area contributed by atoms with E-state index in [1.165, 1.54) is 5.56 Å². The normalized spacial score (nSPS) is 11.0. The smallest absolute Gasteiger partial charge is 0.195 e. The van der Waals surface area contributed by atoms with Crippen LogP contribution in [0.2, 0.25) is 0 Å². The van der Waals surface area contributed by atoms with Crippen LogP contribution in [0.25, 0.3) is 11.0 Å². The van der Waals surface area contributed by atoms with E-state index in [1.54, 1.807) is 6.26 Å². The Labute approximate surface area is 101 Å². The minimum atomic E-state index is 0.124. The summed E-state index contributed by atoms with van der Waals surface area (Å²) in [6.07, 6.45) is 4.16. The first-order valence-electron chi connectivity index (χ1n) is 6.27. The zero-order valence-electron chi connectivity index (χ0n) is 10.7. The van der Waals surface area contributed by atoms with Crippen LogP contribution < -0.4 is 5.43 Å². The molecule has 2 heteroatoms. The summed E-state index contributed by atoms with van der Waals surface area (Å²) in [5.41, 5.74) is 3.97. The molecule has 0 N–H and O–H groups in total. The number of benzene rings is 1. The highest BCUT2D eigenvalue weighted by molar-refractivity contribution is 5.81. The van der Waals surface area contributed by atoms with Crippen LogP contribution in [0.4, 0.5) is 0 Å². The molecule has 17 heavy (non-hydrogen) atoms. The molecule has 0 saturated heterocycles. The summed E-state index contributed by atoms with van der Waals surface area (Å²) in [7, 11) is 0. The predicted molar refractivity (Wildman–Crippen MR) is 70.6 cm³/mol. The molecule has 0 fully saturated rings. The van der Waals surface area contributed by atoms with Crippen LogP contribution in [0.1, 0.15) is 37.5 Å². The van der Waals surface area contributed by atoms with Gasteiger partial charge in [0.25, 0.3) is 0 Å². The largest absolute Gasteiger partial charge is 0.464 e. The fraction of sp³-hybridized carbons (Fsp3) is 0.400. The lowest BCUT2D eigenvalue weighted by molar-refractivity contribution is 0.589. The van der Waals surface area contributed by atoms with Crippen molar-refractivity contribution in [3.63, 3.8) is 0 Å². The van der Waals surface area contributed by atoms with Crippen molar-refractivity contribution in [1.82, 2.24) is 0 Å². The van der Waals surface area contributed by atoms with Crippen molar-refractivity contribution in [2.24, 2.45) is 0 Å². The third-order valence-electron chi connectivity index (χ3n) is 3.25. The van der Waals surface area contributed by atoms with Crippen LogP contribution in [0.15, 0.2) is 27.6 Å². The number of rotatable bonds is 3. The van der Waals surface area contributed by atoms with Gasteiger partial charge in [0.2, 0.25) is 0 Å². The van der Waals surface area contributed by atoms with Crippen molar-refractivity contribution in [1.29, 1.82) is 0 Å². The van der Waals surface area contributed by atoms with Crippen LogP contribution in [-0.4, -0.2) is 0 Å². The molecule has 0 unspecified atom stereocenters. The maximum absolute atomic E-state index is 12.2. The molecular formula is C15H18O2. The summed E-state index contributed by atoms with van der Waals surface area (Å²) < 4.78 is 5.64. The van der Waals surface area contributed by atoms with Gasteiger partial charge < -0.3 is 4.42 Å². The first-order valence-corrected chi connectivity index (χ1v) is 6.27. The molecule has 0 atom stereocenters. The van der Waals surface area contributed by atoms with Gasteiger partial charge in [-0.25, -0.2) is 0 Å². The molecule has 2 aromatic rings. The second kappa shape index (κ2) is 4.74. The summed E-state index contributed by atoms with van der Waals surface area (Å²) in [6, 6.07) is 4.11. The standard InChI is InChI=1S/C15H18O2/c1-4-10-7-11(5-2)15-13(8-10)14(16)12(6-3)9-17-15/h7-9H,4-6H2,1-3H3. The summed E-state index contributed by atoms with van der Waals surface area (Å²) >= 11 is 0. The van der Waals surface area contributed by atoms with E-state index in [0.29, 0.717) is 0 Å². The van der Waals surface area contributed by atoms with Crippen molar-refractivity contribution >= 4 is 11.0 Å². The quantitative estimate of drug-likeness (QED) is 0.808. The Morgan fingerprint density at radius 1 is 1.00 bits per heavy atom. The first kappa shape index (κ1) is 11.9. The zero-order chi connectivity index (χ0) is 12.4. The van der Waals surface area contributed by atoms with Crippen molar-refractivity contribution in [2.75, 3.05) is 0 Å². The van der Waals surface area contributed by atoms with Gasteiger partial charge in [-0.15, -0.1) is 0 Å². The topological polar surface area (TPSA) is 30.2 Å². The number of hydrogen-bond donors (Lipinski definition) is 0. The highest BCUT2D eigenvalue weighted by Crippen LogP contribution is 2.20. The molecule has 2 nitrogen and oxygen atoms in total. The molecule has 90 valence electrons. The molecule has 1 heterocycles. The van der Waals surface area contributed by atoms with Crippen LogP contribution in [0, 0.1) is 0 Å². The van der Waals surface area contributed by atoms with E-state index in [2.05, 4.69) is 19.9 Å². The third-order valence-corrected chi connectivity index (χ3v) is 3.25. The van der Waals surface area contributed by atoms with Gasteiger partial charge >= 0.3 is 0 Å². The van der Waals surface area contributed by atoms with Gasteiger partial charge in [0, 0.05) is 5.56 Å². The average molecular weight is 230 g/mol. The molecule has 1 aromatic carbocycles. The minimum Gasteiger partial charge on any atom is -0.464 e. The second-order valence-corrected chi connectivity index (χ2v) is 4.28. The molecule has 0 saturated carbocycles. The highest BCUT2D eigenvalue weighted by Gasteiger charge is 2.10. The van der Waals surface area contributed by atoms with Crippen LogP contribution in [0.5, 0.6) is 0 Å². The summed E-state index contributed by atoms with van der Waals surface area (Å²) in [5, 5.41) is 0.737. The van der Waals surface area contributed by atoms with Gasteiger partial charge in [-0.05, 0) is 36.5 Å². The molecule has 0 aliphatic heterocycles. The number of fused-ring (bicyclic) bond motifs is 1. The lowest BCUT2D eigenvalue weighted by Gasteiger charge is -2.07. The van der Waals surface area contributed by atoms with E-state index in [-0.39, 0.29) is 5.43 Å². The van der Waals surface area contributed by atoms with Gasteiger partial charge in [0.1, 0.15) is 5.58 Å². The third kappa shape index (κ3) is 1.99. The lowest BCUT2D eigenvalue weighted by Crippen LogP contribution is -2.09. The van der Waals surface area contributed by atoms with E-state index in [1.807, 2.05) is 13.0 Å². The average Bonchev–Trinajstić information content (AvgIpc) is 2.38. The Hall–Kier alpha value is -1.57. The van der Waals surface area contributed by atoms with E-state index in [0.717, 1.165) is 41.4 Å². The van der Waals surface area contributed by atoms with Gasteiger partial charge in [-0.2, -0.15) is 0 Å². The molecule has 0 aliphatic carbocycles. The monoisotopic (exact) mass is 230 g/mol. The van der Waals surface area contributed by atoms with Crippen molar-refractivity contribution in [3.8, 4) is 0 Å². The van der Waals surface area contributed by atoms with E-state index >= 15 is 0 Å². The Kier molecular flexibility index (Phi) is 3.32. The van der Waals surface area contributed by atoms with Crippen LogP contribution in [0.3, 0.4) is 0 Å². The Bertz CT molecular complexity index is 594. The molecule has 2 rings (SSSR count). The zero-order valence-corrected chi connectivity index (χ0v) is 10.7. The van der Waals surface area contributed by atoms with Crippen molar-refractivity contribution in [3.05, 3.63) is 45.3 Å². The first-order chi connectivity index (χ1) is 8.21. The lowest BCUT2D eigenvalue weighted by atomic mass is 10.0. The number of aryl methyl sites for hydroxylation is 3. The van der Waals surface area contributed by atoms with Gasteiger partial charge in [-0.1, -0.05) is 26.8 Å². The number of hydrogen-bond acceptors (Lipinski definition) is 2. The SMILES string of the molecule is CCc1cc(CC)c2occ(CC)c(=O)c2c1. The Morgan fingerprint density at radius 2 is 1.71 bits per heavy atom. The maximum Gasteiger partial charge on any atom is 0.195 e. The molecule has 0 spiro atoms. The molecule has 0 amide bonds. The Morgan fingerprint density at radius 3 is 2.29 bits per heavy atom. The molecule has 0 aliphatic rings. The van der Waals surface area contributed by atoms with E-state index in [4.69, 9.17) is 4.42 Å². The highest BCUT2D eigenvalue weighted by atomic mass is 16.3. The molecule has 1 aromatic heterocycles. The molecule has 0 bridgehead atoms. The Balaban J connectivity index is 2.85. The fourth-order valence-corrected chi connectivity index (χ4v) is 2.13. The molecule has 0 radical (unpaired) electrons. The van der Waals surface area contributed by atoms with E-state index in [9.17, 15) is 4.79 Å². The van der Waals surface area contributed by atoms with Gasteiger partial charge in [-0.3, -0.25) is 4.79 Å². The maximum atomic E-state index is 12.2. The summed E-state index contributed by atoms with van der Waals surface area (Å²) in [5.74, 6) is 0. The molecular weight excluding hydrogens is 212 g/mol.